The number of esters is 1. The summed E-state index contributed by atoms with van der Waals surface area (Å²) in [7, 11) is 0. The summed E-state index contributed by atoms with van der Waals surface area (Å²) in [4.78, 5) is 11.2. The molecule has 0 amide bonds. The second-order valence-electron chi connectivity index (χ2n) is 4.94. The van der Waals surface area contributed by atoms with Crippen LogP contribution in [0.15, 0.2) is 0 Å². The highest BCUT2D eigenvalue weighted by molar-refractivity contribution is 5.69. The van der Waals surface area contributed by atoms with Crippen molar-refractivity contribution in [3.8, 4) is 0 Å². The fraction of sp³-hybridized carbons (Fsp3) is 0.909. The summed E-state index contributed by atoms with van der Waals surface area (Å²) in [5.41, 5.74) is 5.49. The van der Waals surface area contributed by atoms with Crippen molar-refractivity contribution >= 4 is 5.97 Å². The van der Waals surface area contributed by atoms with E-state index >= 15 is 0 Å². The van der Waals surface area contributed by atoms with Gasteiger partial charge in [0.1, 0.15) is 0 Å². The van der Waals surface area contributed by atoms with E-state index in [0.29, 0.717) is 19.4 Å². The van der Waals surface area contributed by atoms with Crippen molar-refractivity contribution in [3.05, 3.63) is 0 Å². The molecule has 0 spiro atoms. The summed E-state index contributed by atoms with van der Waals surface area (Å²) in [5, 5.41) is 0. The number of carbonyl (C=O) groups is 1. The summed E-state index contributed by atoms with van der Waals surface area (Å²) in [6.07, 6.45) is 4.79. The maximum absolute atomic E-state index is 11.2. The summed E-state index contributed by atoms with van der Waals surface area (Å²) in [5.74, 6) is 0.720. The predicted molar refractivity (Wildman–Crippen MR) is 55.8 cm³/mol. The van der Waals surface area contributed by atoms with Gasteiger partial charge in [0.05, 0.1) is 6.61 Å². The zero-order chi connectivity index (χ0) is 10.6. The lowest BCUT2D eigenvalue weighted by Gasteiger charge is -2.17. The summed E-state index contributed by atoms with van der Waals surface area (Å²) >= 11 is 0. The smallest absolute Gasteiger partial charge is 0.305 e. The van der Waals surface area contributed by atoms with Crippen LogP contribution in [0, 0.1) is 5.92 Å². The third-order valence-electron chi connectivity index (χ3n) is 2.46. The average Bonchev–Trinajstić information content (AvgIpc) is 2.83. The predicted octanol–water partition coefficient (Wildman–Crippen LogP) is 1.85. The van der Waals surface area contributed by atoms with Crippen LogP contribution in [0.3, 0.4) is 0 Å². The van der Waals surface area contributed by atoms with Gasteiger partial charge in [-0.25, -0.2) is 0 Å². The lowest BCUT2D eigenvalue weighted by atomic mass is 10.0. The second-order valence-corrected chi connectivity index (χ2v) is 4.94. The Labute approximate surface area is 86.0 Å². The molecule has 1 aliphatic carbocycles. The number of rotatable bonds is 6. The van der Waals surface area contributed by atoms with Gasteiger partial charge < -0.3 is 10.5 Å². The van der Waals surface area contributed by atoms with Gasteiger partial charge in [0, 0.05) is 12.0 Å². The highest BCUT2D eigenvalue weighted by Crippen LogP contribution is 2.32. The van der Waals surface area contributed by atoms with Crippen molar-refractivity contribution < 1.29 is 9.53 Å². The molecule has 0 saturated heterocycles. The average molecular weight is 199 g/mol. The molecular formula is C11H21NO2. The van der Waals surface area contributed by atoms with Crippen LogP contribution in [-0.4, -0.2) is 18.1 Å². The van der Waals surface area contributed by atoms with Crippen molar-refractivity contribution in [3.63, 3.8) is 0 Å². The highest BCUT2D eigenvalue weighted by atomic mass is 16.5. The quantitative estimate of drug-likeness (QED) is 0.664. The van der Waals surface area contributed by atoms with Crippen molar-refractivity contribution in [2.45, 2.75) is 51.5 Å². The lowest BCUT2D eigenvalue weighted by Crippen LogP contribution is -2.32. The Morgan fingerprint density at radius 3 is 2.64 bits per heavy atom. The fourth-order valence-corrected chi connectivity index (χ4v) is 1.24. The minimum atomic E-state index is -0.268. The molecule has 0 radical (unpaired) electrons. The van der Waals surface area contributed by atoms with Gasteiger partial charge in [-0.05, 0) is 32.6 Å². The number of hydrogen-bond donors (Lipinski definition) is 1. The molecule has 0 aromatic rings. The number of nitrogens with two attached hydrogens (primary N) is 1. The Morgan fingerprint density at radius 2 is 2.14 bits per heavy atom. The van der Waals surface area contributed by atoms with Crippen molar-refractivity contribution in [1.29, 1.82) is 0 Å². The van der Waals surface area contributed by atoms with E-state index in [1.807, 2.05) is 13.8 Å². The van der Waals surface area contributed by atoms with E-state index in [1.54, 1.807) is 0 Å². The van der Waals surface area contributed by atoms with E-state index in [9.17, 15) is 4.79 Å². The molecule has 2 N–H and O–H groups in total. The van der Waals surface area contributed by atoms with Gasteiger partial charge in [-0.1, -0.05) is 12.8 Å². The second kappa shape index (κ2) is 4.78. The molecule has 0 bridgehead atoms. The molecule has 14 heavy (non-hydrogen) atoms. The zero-order valence-electron chi connectivity index (χ0n) is 9.21. The minimum absolute atomic E-state index is 0.107. The maximum atomic E-state index is 11.2. The molecule has 1 fully saturated rings. The fourth-order valence-electron chi connectivity index (χ4n) is 1.24. The van der Waals surface area contributed by atoms with E-state index in [4.69, 9.17) is 10.5 Å². The van der Waals surface area contributed by atoms with Crippen LogP contribution in [-0.2, 0) is 9.53 Å². The normalized spacial score (nSPS) is 16.8. The van der Waals surface area contributed by atoms with Crippen LogP contribution in [0.25, 0.3) is 0 Å². The van der Waals surface area contributed by atoms with Crippen LogP contribution in [0.4, 0.5) is 0 Å². The first-order valence-electron chi connectivity index (χ1n) is 5.42. The summed E-state index contributed by atoms with van der Waals surface area (Å²) in [6.45, 7) is 4.43. The molecular weight excluding hydrogens is 178 g/mol. The topological polar surface area (TPSA) is 52.3 Å². The van der Waals surface area contributed by atoms with Gasteiger partial charge in [-0.2, -0.15) is 0 Å². The van der Waals surface area contributed by atoms with E-state index in [1.165, 1.54) is 12.8 Å². The molecule has 3 nitrogen and oxygen atoms in total. The molecule has 1 aliphatic rings. The first kappa shape index (κ1) is 11.5. The molecule has 1 rings (SSSR count). The molecule has 82 valence electrons. The molecule has 0 aliphatic heterocycles. The van der Waals surface area contributed by atoms with E-state index < -0.39 is 0 Å². The first-order chi connectivity index (χ1) is 6.47. The summed E-state index contributed by atoms with van der Waals surface area (Å²) < 4.78 is 5.09. The third-order valence-corrected chi connectivity index (χ3v) is 2.46. The lowest BCUT2D eigenvalue weighted by molar-refractivity contribution is -0.144. The van der Waals surface area contributed by atoms with Gasteiger partial charge >= 0.3 is 5.97 Å². The Morgan fingerprint density at radius 1 is 1.50 bits per heavy atom. The number of carbonyl (C=O) groups excluding carboxylic acids is 1. The van der Waals surface area contributed by atoms with E-state index in [0.717, 1.165) is 12.3 Å². The Kier molecular flexibility index (Phi) is 3.93. The molecule has 0 aromatic heterocycles. The molecule has 0 aromatic carbocycles. The third kappa shape index (κ3) is 5.97. The van der Waals surface area contributed by atoms with Crippen LogP contribution in [0.2, 0.25) is 0 Å². The summed E-state index contributed by atoms with van der Waals surface area (Å²) in [6, 6.07) is 0. The van der Waals surface area contributed by atoms with Gasteiger partial charge in [-0.15, -0.1) is 0 Å². The molecule has 0 unspecified atom stereocenters. The van der Waals surface area contributed by atoms with Gasteiger partial charge in [0.25, 0.3) is 0 Å². The zero-order valence-corrected chi connectivity index (χ0v) is 9.21. The van der Waals surface area contributed by atoms with Crippen molar-refractivity contribution in [1.82, 2.24) is 0 Å². The van der Waals surface area contributed by atoms with Gasteiger partial charge in [0.15, 0.2) is 0 Å². The van der Waals surface area contributed by atoms with Gasteiger partial charge in [0.2, 0.25) is 0 Å². The van der Waals surface area contributed by atoms with Crippen molar-refractivity contribution in [2.75, 3.05) is 6.61 Å². The molecule has 0 atom stereocenters. The Hall–Kier alpha value is -0.570. The van der Waals surface area contributed by atoms with Crippen LogP contribution < -0.4 is 5.73 Å². The van der Waals surface area contributed by atoms with Crippen LogP contribution in [0.5, 0.6) is 0 Å². The minimum Gasteiger partial charge on any atom is -0.466 e. The van der Waals surface area contributed by atoms with Crippen LogP contribution in [0.1, 0.15) is 46.0 Å². The molecule has 1 saturated carbocycles. The SMILES string of the molecule is CC(C)(N)CCC(=O)OCCC1CC1. The van der Waals surface area contributed by atoms with Crippen molar-refractivity contribution in [2.24, 2.45) is 11.7 Å². The monoisotopic (exact) mass is 199 g/mol. The molecule has 0 heterocycles. The van der Waals surface area contributed by atoms with Gasteiger partial charge in [-0.3, -0.25) is 4.79 Å². The molecule has 3 heteroatoms. The Bertz CT molecular complexity index is 192. The maximum Gasteiger partial charge on any atom is 0.305 e. The first-order valence-corrected chi connectivity index (χ1v) is 5.42. The van der Waals surface area contributed by atoms with E-state index in [-0.39, 0.29) is 11.5 Å². The largest absolute Gasteiger partial charge is 0.466 e. The van der Waals surface area contributed by atoms with E-state index in [2.05, 4.69) is 0 Å². The standard InChI is InChI=1S/C11H21NO2/c1-11(2,12)7-5-10(13)14-8-6-9-3-4-9/h9H,3-8,12H2,1-2H3. The van der Waals surface area contributed by atoms with Crippen LogP contribution >= 0.6 is 0 Å². The Balaban J connectivity index is 1.97. The number of hydrogen-bond acceptors (Lipinski definition) is 3. The number of ether oxygens (including phenoxy) is 1. The highest BCUT2D eigenvalue weighted by Gasteiger charge is 2.21.